The highest BCUT2D eigenvalue weighted by atomic mass is 16.7. The van der Waals surface area contributed by atoms with E-state index in [0.717, 1.165) is 7.11 Å². The minimum atomic E-state index is -2.12. The highest BCUT2D eigenvalue weighted by molar-refractivity contribution is 5.76. The first-order chi connectivity index (χ1) is 9.32. The molecule has 1 heterocycles. The lowest BCUT2D eigenvalue weighted by Crippen LogP contribution is -2.66. The molecule has 0 radical (unpaired) electrons. The lowest BCUT2D eigenvalue weighted by Gasteiger charge is -2.45. The van der Waals surface area contributed by atoms with Gasteiger partial charge in [0.2, 0.25) is 0 Å². The molecule has 6 N–H and O–H groups in total. The van der Waals surface area contributed by atoms with Crippen LogP contribution in [0, 0.1) is 0 Å². The molecule has 20 heavy (non-hydrogen) atoms. The topological polar surface area (TPSA) is 149 Å². The summed E-state index contributed by atoms with van der Waals surface area (Å²) in [4.78, 5) is 11.3. The van der Waals surface area contributed by atoms with E-state index >= 15 is 0 Å². The number of aliphatic hydroxyl groups excluding tert-OH is 4. The monoisotopic (exact) mass is 295 g/mol. The van der Waals surface area contributed by atoms with E-state index in [1.165, 1.54) is 7.05 Å². The van der Waals surface area contributed by atoms with Crippen molar-refractivity contribution in [2.45, 2.75) is 42.7 Å². The van der Waals surface area contributed by atoms with E-state index in [9.17, 15) is 25.2 Å². The number of carboxylic acid groups (broad SMARTS) is 1. The van der Waals surface area contributed by atoms with Crippen molar-refractivity contribution in [2.24, 2.45) is 0 Å². The SMILES string of the molecule is CN[C@H]1C([C@H](O)[C@H](O)CO)O[C@@](OC)(C(=O)O)C[C@H]1O. The molecule has 1 rings (SSSR count). The Hall–Kier alpha value is -0.810. The van der Waals surface area contributed by atoms with Crippen LogP contribution in [0.15, 0.2) is 0 Å². The number of carbonyl (C=O) groups is 1. The second-order valence-electron chi connectivity index (χ2n) is 4.67. The summed E-state index contributed by atoms with van der Waals surface area (Å²) in [6, 6.07) is -0.825. The lowest BCUT2D eigenvalue weighted by atomic mass is 9.89. The smallest absolute Gasteiger partial charge is 0.364 e. The minimum Gasteiger partial charge on any atom is -0.477 e. The largest absolute Gasteiger partial charge is 0.477 e. The van der Waals surface area contributed by atoms with E-state index in [-0.39, 0.29) is 6.42 Å². The number of hydrogen-bond acceptors (Lipinski definition) is 8. The first kappa shape index (κ1) is 17.2. The third-order valence-electron chi connectivity index (χ3n) is 3.48. The van der Waals surface area contributed by atoms with Crippen molar-refractivity contribution in [3.63, 3.8) is 0 Å². The molecule has 1 fully saturated rings. The fraction of sp³-hybridized carbons (Fsp3) is 0.909. The maximum absolute atomic E-state index is 11.3. The molecule has 1 aliphatic rings. The molecule has 0 aromatic rings. The standard InChI is InChI=1S/C11H21NO8/c1-12-7-5(14)3-11(19-2,10(17)18)20-9(7)8(16)6(15)4-13/h5-9,12-16H,3-4H2,1-2H3,(H,17,18)/t5-,6-,7-,8-,9?,11-/m1/s1. The number of ether oxygens (including phenoxy) is 2. The maximum Gasteiger partial charge on any atom is 0.364 e. The van der Waals surface area contributed by atoms with Crippen molar-refractivity contribution in [2.75, 3.05) is 20.8 Å². The summed E-state index contributed by atoms with van der Waals surface area (Å²) in [5, 5.41) is 50.2. The van der Waals surface area contributed by atoms with Gasteiger partial charge in [-0.3, -0.25) is 0 Å². The molecule has 118 valence electrons. The van der Waals surface area contributed by atoms with Crippen molar-refractivity contribution >= 4 is 5.97 Å². The molecule has 0 saturated carbocycles. The van der Waals surface area contributed by atoms with Crippen molar-refractivity contribution in [1.29, 1.82) is 0 Å². The van der Waals surface area contributed by atoms with Gasteiger partial charge in [-0.1, -0.05) is 0 Å². The summed E-state index contributed by atoms with van der Waals surface area (Å²) in [7, 11) is 2.59. The molecule has 1 unspecified atom stereocenters. The van der Waals surface area contributed by atoms with Crippen molar-refractivity contribution in [3.05, 3.63) is 0 Å². The van der Waals surface area contributed by atoms with Gasteiger partial charge < -0.3 is 40.3 Å². The predicted octanol–water partition coefficient (Wildman–Crippen LogP) is -3.13. The summed E-state index contributed by atoms with van der Waals surface area (Å²) in [6.07, 6.45) is -5.94. The number of likely N-dealkylation sites (N-methyl/N-ethyl adjacent to an activating group) is 1. The molecule has 1 saturated heterocycles. The van der Waals surface area contributed by atoms with Gasteiger partial charge in [0.15, 0.2) is 0 Å². The molecule has 0 amide bonds. The van der Waals surface area contributed by atoms with Crippen LogP contribution in [0.5, 0.6) is 0 Å². The summed E-state index contributed by atoms with van der Waals surface area (Å²) >= 11 is 0. The number of nitrogens with one attached hydrogen (secondary N) is 1. The predicted molar refractivity (Wildman–Crippen MR) is 64.8 cm³/mol. The summed E-state index contributed by atoms with van der Waals surface area (Å²) in [5.41, 5.74) is 0. The number of carboxylic acids is 1. The average Bonchev–Trinajstić information content (AvgIpc) is 2.44. The van der Waals surface area contributed by atoms with Crippen molar-refractivity contribution < 1.29 is 39.8 Å². The molecule has 0 aromatic carbocycles. The molecule has 9 nitrogen and oxygen atoms in total. The zero-order chi connectivity index (χ0) is 15.5. The maximum atomic E-state index is 11.3. The molecule has 9 heteroatoms. The summed E-state index contributed by atoms with van der Waals surface area (Å²) in [6.45, 7) is -0.736. The van der Waals surface area contributed by atoms with Crippen LogP contribution >= 0.6 is 0 Å². The Morgan fingerprint density at radius 3 is 2.55 bits per heavy atom. The Balaban J connectivity index is 3.06. The van der Waals surface area contributed by atoms with E-state index in [0.29, 0.717) is 0 Å². The first-order valence-corrected chi connectivity index (χ1v) is 6.11. The number of hydrogen-bond donors (Lipinski definition) is 6. The van der Waals surface area contributed by atoms with E-state index in [1.54, 1.807) is 0 Å². The van der Waals surface area contributed by atoms with E-state index in [4.69, 9.17) is 14.6 Å². The number of aliphatic hydroxyl groups is 4. The van der Waals surface area contributed by atoms with Gasteiger partial charge in [-0.25, -0.2) is 4.79 Å². The van der Waals surface area contributed by atoms with Crippen LogP contribution in [-0.4, -0.2) is 88.5 Å². The van der Waals surface area contributed by atoms with E-state index in [2.05, 4.69) is 5.32 Å². The zero-order valence-electron chi connectivity index (χ0n) is 11.3. The minimum absolute atomic E-state index is 0.344. The van der Waals surface area contributed by atoms with Crippen LogP contribution < -0.4 is 5.32 Å². The van der Waals surface area contributed by atoms with Crippen LogP contribution in [0.2, 0.25) is 0 Å². The lowest BCUT2D eigenvalue weighted by molar-refractivity contribution is -0.304. The van der Waals surface area contributed by atoms with Crippen LogP contribution in [0.3, 0.4) is 0 Å². The van der Waals surface area contributed by atoms with Crippen LogP contribution in [0.25, 0.3) is 0 Å². The molecule has 0 bridgehead atoms. The number of aliphatic carboxylic acids is 1. The van der Waals surface area contributed by atoms with Gasteiger partial charge in [0, 0.05) is 13.5 Å². The number of rotatable bonds is 6. The Bertz CT molecular complexity index is 340. The van der Waals surface area contributed by atoms with Gasteiger partial charge >= 0.3 is 5.97 Å². The highest BCUT2D eigenvalue weighted by Crippen LogP contribution is 2.32. The molecule has 1 aliphatic heterocycles. The molecule has 0 spiro atoms. The van der Waals surface area contributed by atoms with Gasteiger partial charge in [0.05, 0.1) is 18.8 Å². The second kappa shape index (κ2) is 6.76. The zero-order valence-corrected chi connectivity index (χ0v) is 11.3. The Morgan fingerprint density at radius 1 is 1.55 bits per heavy atom. The quantitative estimate of drug-likeness (QED) is 0.299. The van der Waals surface area contributed by atoms with Crippen LogP contribution in [0.1, 0.15) is 6.42 Å². The molecule has 0 aliphatic carbocycles. The first-order valence-electron chi connectivity index (χ1n) is 6.11. The number of methoxy groups -OCH3 is 1. The third-order valence-corrected chi connectivity index (χ3v) is 3.48. The van der Waals surface area contributed by atoms with Gasteiger partial charge in [0.1, 0.15) is 18.3 Å². The highest BCUT2D eigenvalue weighted by Gasteiger charge is 2.54. The fourth-order valence-electron chi connectivity index (χ4n) is 2.28. The Kier molecular flexibility index (Phi) is 5.83. The fourth-order valence-corrected chi connectivity index (χ4v) is 2.28. The Labute approximate surface area is 115 Å². The molecule has 6 atom stereocenters. The Morgan fingerprint density at radius 2 is 2.15 bits per heavy atom. The van der Waals surface area contributed by atoms with Gasteiger partial charge in [-0.05, 0) is 7.05 Å². The summed E-state index contributed by atoms with van der Waals surface area (Å²) < 4.78 is 10.1. The van der Waals surface area contributed by atoms with Crippen LogP contribution in [-0.2, 0) is 14.3 Å². The van der Waals surface area contributed by atoms with Gasteiger partial charge in [0.25, 0.3) is 5.79 Å². The molecule has 0 aromatic heterocycles. The van der Waals surface area contributed by atoms with E-state index in [1.807, 2.05) is 0 Å². The van der Waals surface area contributed by atoms with Crippen LogP contribution in [0.4, 0.5) is 0 Å². The van der Waals surface area contributed by atoms with Gasteiger partial charge in [-0.15, -0.1) is 0 Å². The summed E-state index contributed by atoms with van der Waals surface area (Å²) in [5.74, 6) is -3.57. The third kappa shape index (κ3) is 3.09. The molecular formula is C11H21NO8. The second-order valence-corrected chi connectivity index (χ2v) is 4.67. The average molecular weight is 295 g/mol. The van der Waals surface area contributed by atoms with Crippen molar-refractivity contribution in [1.82, 2.24) is 5.32 Å². The van der Waals surface area contributed by atoms with Crippen molar-refractivity contribution in [3.8, 4) is 0 Å². The van der Waals surface area contributed by atoms with Gasteiger partial charge in [-0.2, -0.15) is 0 Å². The molecular weight excluding hydrogens is 274 g/mol. The van der Waals surface area contributed by atoms with E-state index < -0.39 is 48.8 Å². The normalized spacial score (nSPS) is 37.4.